The van der Waals surface area contributed by atoms with Crippen LogP contribution in [-0.4, -0.2) is 121 Å². The molecular weight excluding hydrogens is 1050 g/mol. The number of carboxylic acids is 4. The standard InChI is InChI=1S/C40H29N9O20S4/c1-16-9-26(27(69-7-2-8-71(60,61)62)15-25(16)43-47-40-41-23-5-3-17(36(52)53)13-28(23)70-40)44-45-30-29(72(63,64)65)14-22-21(33(30)50)4-6-24(34(22)73(66,67)68)42-46-31-32(39(58)59)48-49(35(31)51)20-11-18(37(54)55)10-19(12-20)38(56)57/h3-6,9-15,50-51H,2,7-8H2,1H3,(H,52,53)(H,54,55)(H,56,57)(H,58,59)(H,60,61,62)(H,63,64,65)(H,66,67,68). The summed E-state index contributed by atoms with van der Waals surface area (Å²) in [5.41, 5.74) is -5.33. The zero-order chi connectivity index (χ0) is 53.5. The average Bonchev–Trinajstić information content (AvgIpc) is 3.87. The molecule has 2 heterocycles. The summed E-state index contributed by atoms with van der Waals surface area (Å²) in [7, 11) is -15.6. The van der Waals surface area contributed by atoms with Gasteiger partial charge in [-0.3, -0.25) is 13.7 Å². The summed E-state index contributed by atoms with van der Waals surface area (Å²) >= 11 is 1.01. The molecule has 0 saturated heterocycles. The lowest BCUT2D eigenvalue weighted by atomic mass is 10.1. The number of aromatic hydroxyl groups is 2. The summed E-state index contributed by atoms with van der Waals surface area (Å²) in [6.45, 7) is 1.11. The van der Waals surface area contributed by atoms with Gasteiger partial charge in [0.2, 0.25) is 16.7 Å². The van der Waals surface area contributed by atoms with Gasteiger partial charge in [0.15, 0.2) is 11.4 Å². The molecule has 0 amide bonds. The molecule has 0 saturated carbocycles. The number of aryl methyl sites for hydroxylation is 1. The Labute approximate surface area is 410 Å². The minimum Gasteiger partial charge on any atom is -0.505 e. The number of azo groups is 3. The lowest BCUT2D eigenvalue weighted by molar-refractivity contribution is 0.0677. The number of rotatable bonds is 18. The van der Waals surface area contributed by atoms with Crippen LogP contribution in [0.1, 0.15) is 53.5 Å². The zero-order valence-corrected chi connectivity index (χ0v) is 39.4. The molecule has 0 bridgehead atoms. The van der Waals surface area contributed by atoms with Gasteiger partial charge in [0.25, 0.3) is 30.4 Å². The molecule has 0 aliphatic carbocycles. The number of phenols is 1. The lowest BCUT2D eigenvalue weighted by Gasteiger charge is -2.13. The van der Waals surface area contributed by atoms with Crippen molar-refractivity contribution in [1.82, 2.24) is 14.8 Å². The van der Waals surface area contributed by atoms with Crippen LogP contribution in [0.2, 0.25) is 0 Å². The second kappa shape index (κ2) is 19.8. The number of benzene rings is 5. The molecule has 0 spiro atoms. The topological polar surface area (TPSA) is 467 Å². The molecule has 33 heteroatoms. The van der Waals surface area contributed by atoms with Crippen molar-refractivity contribution in [2.24, 2.45) is 30.7 Å². The van der Waals surface area contributed by atoms with E-state index in [0.717, 1.165) is 41.7 Å². The molecule has 0 aliphatic heterocycles. The number of nitrogens with zero attached hydrogens (tertiary/aromatic N) is 9. The van der Waals surface area contributed by atoms with Gasteiger partial charge in [0, 0.05) is 16.8 Å². The molecule has 0 radical (unpaired) electrons. The van der Waals surface area contributed by atoms with Crippen molar-refractivity contribution in [1.29, 1.82) is 0 Å². The number of thiazole rings is 1. The summed E-state index contributed by atoms with van der Waals surface area (Å²) in [6.07, 6.45) is -0.274. The van der Waals surface area contributed by atoms with Crippen molar-refractivity contribution in [3.05, 3.63) is 94.7 Å². The minimum absolute atomic E-state index is 0.00410. The Morgan fingerprint density at radius 2 is 1.29 bits per heavy atom. The first-order valence-electron chi connectivity index (χ1n) is 19.7. The number of hydrogen-bond acceptors (Lipinski definition) is 22. The van der Waals surface area contributed by atoms with Crippen molar-refractivity contribution in [2.45, 2.75) is 23.1 Å². The minimum atomic E-state index is -5.60. The van der Waals surface area contributed by atoms with Gasteiger partial charge in [-0.2, -0.15) is 35.0 Å². The maximum atomic E-state index is 13.0. The van der Waals surface area contributed by atoms with Crippen molar-refractivity contribution >= 4 is 120 Å². The highest BCUT2D eigenvalue weighted by Crippen LogP contribution is 2.47. The molecule has 9 N–H and O–H groups in total. The van der Waals surface area contributed by atoms with E-state index in [-0.39, 0.29) is 39.8 Å². The van der Waals surface area contributed by atoms with Crippen molar-refractivity contribution < 1.29 is 93.5 Å². The third-order valence-corrected chi connectivity index (χ3v) is 13.4. The summed E-state index contributed by atoms with van der Waals surface area (Å²) in [4.78, 5) is 48.6. The maximum Gasteiger partial charge on any atom is 0.358 e. The van der Waals surface area contributed by atoms with Gasteiger partial charge < -0.3 is 35.4 Å². The first-order valence-corrected chi connectivity index (χ1v) is 25.0. The van der Waals surface area contributed by atoms with Crippen LogP contribution in [0.5, 0.6) is 17.4 Å². The highest BCUT2D eigenvalue weighted by Gasteiger charge is 2.30. The Hall–Kier alpha value is -8.73. The molecule has 29 nitrogen and oxygen atoms in total. The summed E-state index contributed by atoms with van der Waals surface area (Å²) in [5, 5.41) is 86.2. The molecule has 5 aromatic carbocycles. The van der Waals surface area contributed by atoms with Gasteiger partial charge in [-0.1, -0.05) is 11.3 Å². The van der Waals surface area contributed by atoms with Crippen LogP contribution < -0.4 is 4.74 Å². The number of phenolic OH excluding ortho intramolecular Hbond substituents is 1. The van der Waals surface area contributed by atoms with Gasteiger partial charge in [-0.25, -0.2) is 24.2 Å². The Balaban J connectivity index is 1.32. The van der Waals surface area contributed by atoms with Crippen LogP contribution in [0.15, 0.2) is 107 Å². The van der Waals surface area contributed by atoms with Gasteiger partial charge >= 0.3 is 23.9 Å². The molecule has 0 atom stereocenters. The highest BCUT2D eigenvalue weighted by molar-refractivity contribution is 7.86. The van der Waals surface area contributed by atoms with Crippen LogP contribution in [0.25, 0.3) is 26.7 Å². The molecule has 0 unspecified atom stereocenters. The van der Waals surface area contributed by atoms with Crippen LogP contribution >= 0.6 is 11.3 Å². The van der Waals surface area contributed by atoms with Gasteiger partial charge in [-0.05, 0) is 79.6 Å². The summed E-state index contributed by atoms with van der Waals surface area (Å²) < 4.78 is 111. The maximum absolute atomic E-state index is 13.0. The largest absolute Gasteiger partial charge is 0.505 e. The molecule has 0 fully saturated rings. The molecule has 7 rings (SSSR count). The van der Waals surface area contributed by atoms with Crippen LogP contribution in [0.4, 0.5) is 33.6 Å². The fourth-order valence-corrected chi connectivity index (χ4v) is 9.38. The number of fused-ring (bicyclic) bond motifs is 2. The molecule has 0 aliphatic rings. The lowest BCUT2D eigenvalue weighted by Crippen LogP contribution is -2.08. The fourth-order valence-electron chi connectivity index (χ4n) is 6.60. The second-order valence-corrected chi connectivity index (χ2v) is 20.2. The van der Waals surface area contributed by atoms with E-state index in [9.17, 15) is 88.7 Å². The van der Waals surface area contributed by atoms with E-state index in [1.54, 1.807) is 0 Å². The Kier molecular flexibility index (Phi) is 14.1. The highest BCUT2D eigenvalue weighted by atomic mass is 32.2. The van der Waals surface area contributed by atoms with Crippen LogP contribution in [0, 0.1) is 6.92 Å². The van der Waals surface area contributed by atoms with Gasteiger partial charge in [0.05, 0.1) is 50.6 Å². The SMILES string of the molecule is Cc1cc(N=Nc2c(S(=O)(=O)O)cc3c(S(=O)(=O)O)c(N=Nc4c(C(=O)O)nn(-c5cc(C(=O)O)cc(C(=O)O)c5)c4O)ccc3c2O)c(OCCCS(=O)(=O)O)cc1N=Nc1nc2ccc(C(=O)O)cc2s1. The molecular formula is C40H29N9O20S4. The third-order valence-electron chi connectivity index (χ3n) is 9.86. The fraction of sp³-hybridized carbons (Fsp3) is 0.100. The number of ether oxygens (including phenoxy) is 1. The molecule has 73 heavy (non-hydrogen) atoms. The second-order valence-electron chi connectivity index (χ2n) is 14.8. The first kappa shape index (κ1) is 52.1. The number of carboxylic acid groups (broad SMARTS) is 4. The number of hydrogen-bond donors (Lipinski definition) is 9. The summed E-state index contributed by atoms with van der Waals surface area (Å²) in [5.74, 6) is -9.68. The van der Waals surface area contributed by atoms with Crippen LogP contribution in [0.3, 0.4) is 0 Å². The van der Waals surface area contributed by atoms with E-state index >= 15 is 0 Å². The van der Waals surface area contributed by atoms with E-state index in [1.165, 1.54) is 37.3 Å². The van der Waals surface area contributed by atoms with E-state index in [2.05, 4.69) is 40.8 Å². The Morgan fingerprint density at radius 1 is 0.658 bits per heavy atom. The van der Waals surface area contributed by atoms with Gasteiger partial charge in [0.1, 0.15) is 32.6 Å². The van der Waals surface area contributed by atoms with Crippen molar-refractivity contribution in [3.8, 4) is 23.1 Å². The van der Waals surface area contributed by atoms with Crippen molar-refractivity contribution in [2.75, 3.05) is 12.4 Å². The van der Waals surface area contributed by atoms with E-state index in [1.807, 2.05) is 0 Å². The monoisotopic (exact) mass is 1080 g/mol. The van der Waals surface area contributed by atoms with E-state index in [0.29, 0.717) is 21.0 Å². The predicted octanol–water partition coefficient (Wildman–Crippen LogP) is 7.54. The predicted molar refractivity (Wildman–Crippen MR) is 248 cm³/mol. The third kappa shape index (κ3) is 11.4. The summed E-state index contributed by atoms with van der Waals surface area (Å²) in [6, 6.07) is 11.2. The molecule has 2 aromatic heterocycles. The Morgan fingerprint density at radius 3 is 1.89 bits per heavy atom. The van der Waals surface area contributed by atoms with E-state index < -0.39 is 138 Å². The number of carbonyl (C=O) groups is 4. The smallest absolute Gasteiger partial charge is 0.358 e. The van der Waals surface area contributed by atoms with Gasteiger partial charge in [-0.15, -0.1) is 30.7 Å². The average molecular weight is 1080 g/mol. The normalized spacial score (nSPS) is 12.4. The number of aromatic carboxylic acids is 4. The van der Waals surface area contributed by atoms with E-state index in [4.69, 9.17) is 4.74 Å². The first-order chi connectivity index (χ1) is 34.1. The Bertz CT molecular complexity index is 3930. The quantitative estimate of drug-likeness (QED) is 0.0227. The number of aromatic nitrogens is 3. The molecule has 7 aromatic rings. The zero-order valence-electron chi connectivity index (χ0n) is 36.1. The van der Waals surface area contributed by atoms with Crippen LogP contribution in [-0.2, 0) is 30.4 Å². The van der Waals surface area contributed by atoms with Crippen molar-refractivity contribution in [3.63, 3.8) is 0 Å². The molecule has 378 valence electrons.